The average Bonchev–Trinajstić information content (AvgIpc) is 3.51. The van der Waals surface area contributed by atoms with E-state index in [9.17, 15) is 19.4 Å². The second-order valence-electron chi connectivity index (χ2n) is 8.18. The summed E-state index contributed by atoms with van der Waals surface area (Å²) in [6.07, 6.45) is 4.44. The summed E-state index contributed by atoms with van der Waals surface area (Å²) in [6.45, 7) is 2.66. The molecule has 168 valence electrons. The molecule has 4 rings (SSSR count). The Morgan fingerprint density at radius 3 is 2.62 bits per heavy atom. The quantitative estimate of drug-likeness (QED) is 0.469. The third-order valence-electron chi connectivity index (χ3n) is 5.66. The fourth-order valence-electron chi connectivity index (χ4n) is 3.97. The van der Waals surface area contributed by atoms with Crippen LogP contribution in [-0.2, 0) is 11.3 Å². The molecule has 7 nitrogen and oxygen atoms in total. The van der Waals surface area contributed by atoms with Crippen molar-refractivity contribution in [3.63, 3.8) is 0 Å². The van der Waals surface area contributed by atoms with E-state index in [4.69, 9.17) is 10.1 Å². The fraction of sp³-hybridized carbons (Fsp3) is 0.375. The van der Waals surface area contributed by atoms with Crippen molar-refractivity contribution in [2.75, 3.05) is 0 Å². The molecule has 0 spiro atoms. The van der Waals surface area contributed by atoms with E-state index in [2.05, 4.69) is 5.10 Å². The van der Waals surface area contributed by atoms with Crippen molar-refractivity contribution in [2.24, 2.45) is 0 Å². The number of aliphatic hydroxyl groups excluding tert-OH is 2. The SMILES string of the molecule is CCn1ncc2c(-c3ccc(F)cc3)c(C=CC(O)CC(O)CC(=O)O)c(C3CC3)nc21. The minimum Gasteiger partial charge on any atom is -0.481 e. The zero-order valence-electron chi connectivity index (χ0n) is 17.8. The van der Waals surface area contributed by atoms with Gasteiger partial charge in [-0.3, -0.25) is 4.79 Å². The van der Waals surface area contributed by atoms with Gasteiger partial charge in [0, 0.05) is 35.4 Å². The molecule has 1 aliphatic rings. The highest BCUT2D eigenvalue weighted by Crippen LogP contribution is 2.45. The van der Waals surface area contributed by atoms with Crippen LogP contribution >= 0.6 is 0 Å². The Balaban J connectivity index is 1.81. The van der Waals surface area contributed by atoms with Gasteiger partial charge in [0.25, 0.3) is 0 Å². The van der Waals surface area contributed by atoms with Crippen molar-refractivity contribution in [1.29, 1.82) is 0 Å². The minimum absolute atomic E-state index is 0.0864. The zero-order chi connectivity index (χ0) is 22.8. The van der Waals surface area contributed by atoms with Gasteiger partial charge >= 0.3 is 5.97 Å². The Kier molecular flexibility index (Phi) is 6.34. The van der Waals surface area contributed by atoms with Gasteiger partial charge < -0.3 is 15.3 Å². The number of aromatic nitrogens is 3. The number of pyridine rings is 1. The normalized spacial score (nSPS) is 16.0. The predicted octanol–water partition coefficient (Wildman–Crippen LogP) is 3.73. The monoisotopic (exact) mass is 439 g/mol. The highest BCUT2D eigenvalue weighted by molar-refractivity contribution is 5.98. The van der Waals surface area contributed by atoms with Gasteiger partial charge in [-0.1, -0.05) is 24.3 Å². The molecule has 0 amide bonds. The van der Waals surface area contributed by atoms with Gasteiger partial charge in [0.05, 0.1) is 30.5 Å². The maximum atomic E-state index is 13.6. The summed E-state index contributed by atoms with van der Waals surface area (Å²) in [5.74, 6) is -1.15. The van der Waals surface area contributed by atoms with Crippen LogP contribution in [0.15, 0.2) is 36.5 Å². The number of carbonyl (C=O) groups is 1. The summed E-state index contributed by atoms with van der Waals surface area (Å²) >= 11 is 0. The van der Waals surface area contributed by atoms with Crippen molar-refractivity contribution in [3.05, 3.63) is 53.6 Å². The van der Waals surface area contributed by atoms with E-state index in [1.807, 2.05) is 11.6 Å². The number of aliphatic carboxylic acids is 1. The van der Waals surface area contributed by atoms with Crippen LogP contribution in [0.3, 0.4) is 0 Å². The Morgan fingerprint density at radius 1 is 1.28 bits per heavy atom. The van der Waals surface area contributed by atoms with Crippen molar-refractivity contribution >= 4 is 23.1 Å². The Morgan fingerprint density at radius 2 is 2.00 bits per heavy atom. The lowest BCUT2D eigenvalue weighted by molar-refractivity contribution is -0.139. The number of halogens is 1. The molecular formula is C24H26FN3O4. The molecule has 0 aliphatic heterocycles. The van der Waals surface area contributed by atoms with E-state index in [-0.39, 0.29) is 12.2 Å². The predicted molar refractivity (Wildman–Crippen MR) is 118 cm³/mol. The number of fused-ring (bicyclic) bond motifs is 1. The maximum absolute atomic E-state index is 13.6. The summed E-state index contributed by atoms with van der Waals surface area (Å²) < 4.78 is 15.4. The van der Waals surface area contributed by atoms with Crippen molar-refractivity contribution < 1.29 is 24.5 Å². The largest absolute Gasteiger partial charge is 0.481 e. The van der Waals surface area contributed by atoms with Crippen molar-refractivity contribution in [1.82, 2.24) is 14.8 Å². The maximum Gasteiger partial charge on any atom is 0.305 e. The van der Waals surface area contributed by atoms with E-state index in [1.54, 1.807) is 30.5 Å². The summed E-state index contributed by atoms with van der Waals surface area (Å²) in [5.41, 5.74) is 4.18. The van der Waals surface area contributed by atoms with Gasteiger partial charge in [0.15, 0.2) is 5.65 Å². The molecule has 1 fully saturated rings. The van der Waals surface area contributed by atoms with Crippen LogP contribution in [0.5, 0.6) is 0 Å². The molecule has 0 saturated heterocycles. The van der Waals surface area contributed by atoms with E-state index < -0.39 is 24.6 Å². The molecule has 1 aromatic carbocycles. The number of aryl methyl sites for hydroxylation is 1. The van der Waals surface area contributed by atoms with Crippen LogP contribution in [0.1, 0.15) is 49.8 Å². The first-order valence-electron chi connectivity index (χ1n) is 10.8. The molecule has 2 unspecified atom stereocenters. The number of rotatable bonds is 9. The number of benzene rings is 1. The van der Waals surface area contributed by atoms with E-state index in [0.29, 0.717) is 12.5 Å². The van der Waals surface area contributed by atoms with E-state index in [1.165, 1.54) is 12.1 Å². The third-order valence-corrected chi connectivity index (χ3v) is 5.66. The van der Waals surface area contributed by atoms with Crippen molar-refractivity contribution in [2.45, 2.75) is 57.3 Å². The zero-order valence-corrected chi connectivity index (χ0v) is 17.8. The molecule has 2 atom stereocenters. The van der Waals surface area contributed by atoms with Gasteiger partial charge in [-0.05, 0) is 37.5 Å². The van der Waals surface area contributed by atoms with Crippen LogP contribution in [0.2, 0.25) is 0 Å². The molecule has 0 bridgehead atoms. The molecule has 32 heavy (non-hydrogen) atoms. The molecule has 8 heteroatoms. The number of nitrogens with zero attached hydrogens (tertiary/aromatic N) is 3. The fourth-order valence-corrected chi connectivity index (χ4v) is 3.97. The molecule has 3 aromatic rings. The number of carboxylic acid groups (broad SMARTS) is 1. The molecule has 2 aromatic heterocycles. The minimum atomic E-state index is -1.14. The first-order valence-corrected chi connectivity index (χ1v) is 10.8. The van der Waals surface area contributed by atoms with Gasteiger partial charge in [0.2, 0.25) is 0 Å². The number of carboxylic acids is 1. The molecule has 2 heterocycles. The van der Waals surface area contributed by atoms with Gasteiger partial charge in [-0.2, -0.15) is 5.10 Å². The smallest absolute Gasteiger partial charge is 0.305 e. The highest BCUT2D eigenvalue weighted by atomic mass is 19.1. The summed E-state index contributed by atoms with van der Waals surface area (Å²) in [4.78, 5) is 15.7. The van der Waals surface area contributed by atoms with Gasteiger partial charge in [-0.25, -0.2) is 14.1 Å². The van der Waals surface area contributed by atoms with Crippen molar-refractivity contribution in [3.8, 4) is 11.1 Å². The molecule has 3 N–H and O–H groups in total. The summed E-state index contributed by atoms with van der Waals surface area (Å²) in [7, 11) is 0. The van der Waals surface area contributed by atoms with Crippen LogP contribution in [0.25, 0.3) is 28.2 Å². The lowest BCUT2D eigenvalue weighted by atomic mass is 9.93. The summed E-state index contributed by atoms with van der Waals surface area (Å²) in [5, 5.41) is 34.3. The second kappa shape index (κ2) is 9.18. The van der Waals surface area contributed by atoms with E-state index >= 15 is 0 Å². The molecule has 1 aliphatic carbocycles. The lowest BCUT2D eigenvalue weighted by Crippen LogP contribution is -2.19. The van der Waals surface area contributed by atoms with Crippen LogP contribution in [-0.4, -0.2) is 48.3 Å². The highest BCUT2D eigenvalue weighted by Gasteiger charge is 2.30. The standard InChI is InChI=1S/C24H26FN3O4/c1-2-28-24-20(13-26-28)22(14-5-7-16(25)8-6-14)19(23(27-24)15-3-4-15)10-9-17(29)11-18(30)12-21(31)32/h5-10,13,15,17-18,29-30H,2-4,11-12H2,1H3,(H,31,32). The average molecular weight is 439 g/mol. The Hall–Kier alpha value is -3.10. The number of hydrogen-bond donors (Lipinski definition) is 3. The lowest BCUT2D eigenvalue weighted by Gasteiger charge is -2.15. The van der Waals surface area contributed by atoms with Crippen LogP contribution in [0.4, 0.5) is 4.39 Å². The molecular weight excluding hydrogens is 413 g/mol. The van der Waals surface area contributed by atoms with Crippen LogP contribution < -0.4 is 0 Å². The Bertz CT molecular complexity index is 1150. The van der Waals surface area contributed by atoms with Crippen LogP contribution in [0, 0.1) is 5.82 Å². The van der Waals surface area contributed by atoms with Gasteiger partial charge in [0.1, 0.15) is 5.82 Å². The second-order valence-corrected chi connectivity index (χ2v) is 8.18. The first-order chi connectivity index (χ1) is 15.4. The number of aliphatic hydroxyl groups is 2. The Labute approximate surface area is 184 Å². The van der Waals surface area contributed by atoms with Gasteiger partial charge in [-0.15, -0.1) is 0 Å². The molecule has 1 saturated carbocycles. The first kappa shape index (κ1) is 22.1. The van der Waals surface area contributed by atoms with E-state index in [0.717, 1.165) is 46.3 Å². The third kappa shape index (κ3) is 4.71. The summed E-state index contributed by atoms with van der Waals surface area (Å²) in [6, 6.07) is 6.25. The number of hydrogen-bond acceptors (Lipinski definition) is 5. The topological polar surface area (TPSA) is 108 Å². The molecule has 0 radical (unpaired) electrons.